The number of nitrogens with one attached hydrogen (secondary N) is 2. The van der Waals surface area contributed by atoms with E-state index in [4.69, 9.17) is 0 Å². The topological polar surface area (TPSA) is 48.6 Å². The standard InChI is InChI=1S/C19H16N2O/c1-11-6-5-9-15-17(11)12(2)18(19(22)21-15)16-10-13-7-3-4-8-14(13)20-16/h3-10,20H,1-2H3,(H,21,22). The van der Waals surface area contributed by atoms with E-state index in [1.165, 1.54) is 5.56 Å². The molecule has 3 heteroatoms. The molecule has 0 fully saturated rings. The number of rotatable bonds is 1. The van der Waals surface area contributed by atoms with Crippen molar-refractivity contribution < 1.29 is 0 Å². The summed E-state index contributed by atoms with van der Waals surface area (Å²) in [6.45, 7) is 4.09. The Kier molecular flexibility index (Phi) is 2.70. The van der Waals surface area contributed by atoms with E-state index in [0.717, 1.165) is 38.6 Å². The smallest absolute Gasteiger partial charge is 0.258 e. The molecule has 2 aromatic carbocycles. The van der Waals surface area contributed by atoms with Crippen molar-refractivity contribution in [2.75, 3.05) is 0 Å². The molecule has 0 saturated carbocycles. The number of para-hydroxylation sites is 1. The fourth-order valence-electron chi connectivity index (χ4n) is 3.28. The van der Waals surface area contributed by atoms with Gasteiger partial charge in [0.1, 0.15) is 0 Å². The average Bonchev–Trinajstić information content (AvgIpc) is 2.90. The average molecular weight is 288 g/mol. The zero-order valence-electron chi connectivity index (χ0n) is 12.5. The number of aryl methyl sites for hydroxylation is 2. The van der Waals surface area contributed by atoms with Crippen LogP contribution in [0.4, 0.5) is 0 Å². The third-order valence-electron chi connectivity index (χ3n) is 4.30. The number of aromatic nitrogens is 2. The van der Waals surface area contributed by atoms with Crippen LogP contribution in [0.1, 0.15) is 11.1 Å². The highest BCUT2D eigenvalue weighted by Crippen LogP contribution is 2.29. The van der Waals surface area contributed by atoms with E-state index in [1.807, 2.05) is 49.4 Å². The minimum absolute atomic E-state index is 0.0536. The van der Waals surface area contributed by atoms with E-state index in [9.17, 15) is 4.79 Å². The van der Waals surface area contributed by atoms with Crippen molar-refractivity contribution in [1.29, 1.82) is 0 Å². The van der Waals surface area contributed by atoms with Gasteiger partial charge < -0.3 is 9.97 Å². The Hall–Kier alpha value is -2.81. The Morgan fingerprint density at radius 2 is 1.64 bits per heavy atom. The van der Waals surface area contributed by atoms with E-state index in [1.54, 1.807) is 0 Å². The Labute approximate surface area is 127 Å². The SMILES string of the molecule is Cc1cccc2[nH]c(=O)c(-c3cc4ccccc4[nH]3)c(C)c12. The normalized spacial score (nSPS) is 11.4. The number of H-pyrrole nitrogens is 2. The predicted octanol–water partition coefficient (Wildman–Crippen LogP) is 4.29. The van der Waals surface area contributed by atoms with E-state index < -0.39 is 0 Å². The molecule has 2 heterocycles. The summed E-state index contributed by atoms with van der Waals surface area (Å²) in [6, 6.07) is 16.1. The summed E-state index contributed by atoms with van der Waals surface area (Å²) >= 11 is 0. The molecule has 0 aliphatic carbocycles. The Balaban J connectivity index is 2.10. The zero-order valence-corrected chi connectivity index (χ0v) is 12.5. The van der Waals surface area contributed by atoms with Crippen LogP contribution in [0.25, 0.3) is 33.1 Å². The Bertz CT molecular complexity index is 1040. The van der Waals surface area contributed by atoms with E-state index in [0.29, 0.717) is 0 Å². The highest BCUT2D eigenvalue weighted by molar-refractivity contribution is 5.93. The van der Waals surface area contributed by atoms with Crippen molar-refractivity contribution in [3.63, 3.8) is 0 Å². The molecule has 0 amide bonds. The molecule has 4 rings (SSSR count). The predicted molar refractivity (Wildman–Crippen MR) is 91.3 cm³/mol. The lowest BCUT2D eigenvalue weighted by atomic mass is 9.99. The number of fused-ring (bicyclic) bond motifs is 2. The molecule has 3 nitrogen and oxygen atoms in total. The molecular weight excluding hydrogens is 272 g/mol. The molecule has 4 aromatic rings. The maximum Gasteiger partial charge on any atom is 0.258 e. The number of hydrogen-bond donors (Lipinski definition) is 2. The minimum Gasteiger partial charge on any atom is -0.354 e. The molecule has 0 saturated heterocycles. The second-order valence-electron chi connectivity index (χ2n) is 5.72. The molecule has 108 valence electrons. The molecule has 0 aliphatic heterocycles. The molecule has 0 bridgehead atoms. The Morgan fingerprint density at radius 3 is 2.45 bits per heavy atom. The summed E-state index contributed by atoms with van der Waals surface area (Å²) < 4.78 is 0. The van der Waals surface area contributed by atoms with Crippen molar-refractivity contribution in [3.8, 4) is 11.3 Å². The van der Waals surface area contributed by atoms with Gasteiger partial charge in [-0.05, 0) is 43.2 Å². The molecule has 22 heavy (non-hydrogen) atoms. The van der Waals surface area contributed by atoms with Crippen LogP contribution in [0.15, 0.2) is 53.3 Å². The quantitative estimate of drug-likeness (QED) is 0.539. The van der Waals surface area contributed by atoms with Gasteiger partial charge in [0.2, 0.25) is 0 Å². The van der Waals surface area contributed by atoms with Crippen molar-refractivity contribution in [2.24, 2.45) is 0 Å². The fraction of sp³-hybridized carbons (Fsp3) is 0.105. The number of hydrogen-bond acceptors (Lipinski definition) is 1. The van der Waals surface area contributed by atoms with E-state index in [-0.39, 0.29) is 5.56 Å². The van der Waals surface area contributed by atoms with Crippen LogP contribution in [0, 0.1) is 13.8 Å². The van der Waals surface area contributed by atoms with E-state index in [2.05, 4.69) is 23.0 Å². The maximum atomic E-state index is 12.6. The first-order chi connectivity index (χ1) is 10.6. The molecule has 0 atom stereocenters. The van der Waals surface area contributed by atoms with Gasteiger partial charge in [-0.25, -0.2) is 0 Å². The van der Waals surface area contributed by atoms with Crippen molar-refractivity contribution in [2.45, 2.75) is 13.8 Å². The first kappa shape index (κ1) is 12.9. The van der Waals surface area contributed by atoms with Gasteiger partial charge >= 0.3 is 0 Å². The first-order valence-corrected chi connectivity index (χ1v) is 7.35. The summed E-state index contributed by atoms with van der Waals surface area (Å²) in [4.78, 5) is 18.9. The molecular formula is C19H16N2O. The van der Waals surface area contributed by atoms with Crippen LogP contribution in [0.3, 0.4) is 0 Å². The number of benzene rings is 2. The molecule has 2 aromatic heterocycles. The lowest BCUT2D eigenvalue weighted by Crippen LogP contribution is -2.11. The van der Waals surface area contributed by atoms with Crippen molar-refractivity contribution >= 4 is 21.8 Å². The number of pyridine rings is 1. The monoisotopic (exact) mass is 288 g/mol. The highest BCUT2D eigenvalue weighted by Gasteiger charge is 2.14. The lowest BCUT2D eigenvalue weighted by Gasteiger charge is -2.09. The molecule has 0 aliphatic rings. The first-order valence-electron chi connectivity index (χ1n) is 7.35. The fourth-order valence-corrected chi connectivity index (χ4v) is 3.28. The molecule has 0 radical (unpaired) electrons. The van der Waals surface area contributed by atoms with Gasteiger partial charge in [0.15, 0.2) is 0 Å². The maximum absolute atomic E-state index is 12.6. The van der Waals surface area contributed by atoms with Crippen LogP contribution in [-0.2, 0) is 0 Å². The summed E-state index contributed by atoms with van der Waals surface area (Å²) in [7, 11) is 0. The van der Waals surface area contributed by atoms with Gasteiger partial charge in [0.05, 0.1) is 11.3 Å². The third kappa shape index (κ3) is 1.79. The van der Waals surface area contributed by atoms with Gasteiger partial charge in [-0.1, -0.05) is 30.3 Å². The Morgan fingerprint density at radius 1 is 0.864 bits per heavy atom. The van der Waals surface area contributed by atoms with Gasteiger partial charge in [0.25, 0.3) is 5.56 Å². The summed E-state index contributed by atoms with van der Waals surface area (Å²) in [6.07, 6.45) is 0. The second-order valence-corrected chi connectivity index (χ2v) is 5.72. The van der Waals surface area contributed by atoms with Crippen LogP contribution in [-0.4, -0.2) is 9.97 Å². The van der Waals surface area contributed by atoms with Crippen LogP contribution in [0.2, 0.25) is 0 Å². The van der Waals surface area contributed by atoms with E-state index >= 15 is 0 Å². The van der Waals surface area contributed by atoms with Crippen LogP contribution < -0.4 is 5.56 Å². The zero-order chi connectivity index (χ0) is 15.3. The second kappa shape index (κ2) is 4.60. The van der Waals surface area contributed by atoms with Crippen molar-refractivity contribution in [1.82, 2.24) is 9.97 Å². The molecule has 0 unspecified atom stereocenters. The van der Waals surface area contributed by atoms with Crippen molar-refractivity contribution in [3.05, 3.63) is 70.0 Å². The van der Waals surface area contributed by atoms with Crippen LogP contribution >= 0.6 is 0 Å². The highest BCUT2D eigenvalue weighted by atomic mass is 16.1. The minimum atomic E-state index is -0.0536. The number of aromatic amines is 2. The van der Waals surface area contributed by atoms with Gasteiger partial charge in [-0.15, -0.1) is 0 Å². The molecule has 0 spiro atoms. The lowest BCUT2D eigenvalue weighted by molar-refractivity contribution is 1.25. The van der Waals surface area contributed by atoms with Gasteiger partial charge in [-0.2, -0.15) is 0 Å². The van der Waals surface area contributed by atoms with Gasteiger partial charge in [-0.3, -0.25) is 4.79 Å². The largest absolute Gasteiger partial charge is 0.354 e. The summed E-state index contributed by atoms with van der Waals surface area (Å²) in [5.41, 5.74) is 5.65. The third-order valence-corrected chi connectivity index (χ3v) is 4.30. The summed E-state index contributed by atoms with van der Waals surface area (Å²) in [5, 5.41) is 2.23. The summed E-state index contributed by atoms with van der Waals surface area (Å²) in [5.74, 6) is 0. The van der Waals surface area contributed by atoms with Gasteiger partial charge in [0, 0.05) is 21.8 Å². The van der Waals surface area contributed by atoms with Crippen LogP contribution in [0.5, 0.6) is 0 Å². The molecule has 2 N–H and O–H groups in total.